The Balaban J connectivity index is 4.55. The topological polar surface area (TPSA) is 0 Å². The van der Waals surface area contributed by atoms with Gasteiger partial charge >= 0.3 is 6.18 Å². The van der Waals surface area contributed by atoms with Crippen molar-refractivity contribution < 1.29 is 13.2 Å². The first kappa shape index (κ1) is 13.8. The number of hydrogen-bond donors (Lipinski definition) is 0. The van der Waals surface area contributed by atoms with E-state index in [9.17, 15) is 13.2 Å². The van der Waals surface area contributed by atoms with Crippen LogP contribution in [0.1, 0.15) is 47.5 Å². The Kier molecular flexibility index (Phi) is 4.47. The third-order valence-corrected chi connectivity index (χ3v) is 2.95. The van der Waals surface area contributed by atoms with Gasteiger partial charge in [-0.25, -0.2) is 0 Å². The van der Waals surface area contributed by atoms with Gasteiger partial charge in [-0.3, -0.25) is 0 Å². The molecule has 0 saturated carbocycles. The van der Waals surface area contributed by atoms with Gasteiger partial charge in [-0.15, -0.1) is 0 Å². The molecule has 0 aromatic carbocycles. The van der Waals surface area contributed by atoms with Crippen molar-refractivity contribution in [3.63, 3.8) is 0 Å². The lowest BCUT2D eigenvalue weighted by Crippen LogP contribution is -2.32. The van der Waals surface area contributed by atoms with Crippen LogP contribution in [0, 0.1) is 17.3 Å². The molecule has 1 unspecified atom stereocenters. The molecule has 0 nitrogen and oxygen atoms in total. The van der Waals surface area contributed by atoms with Gasteiger partial charge in [0.15, 0.2) is 0 Å². The molecule has 86 valence electrons. The number of rotatable bonds is 4. The van der Waals surface area contributed by atoms with Crippen LogP contribution in [0.3, 0.4) is 0 Å². The predicted molar refractivity (Wildman–Crippen MR) is 53.1 cm³/mol. The Morgan fingerprint density at radius 3 is 1.71 bits per heavy atom. The van der Waals surface area contributed by atoms with Gasteiger partial charge in [0.05, 0.1) is 5.92 Å². The minimum Gasteiger partial charge on any atom is -0.171 e. The van der Waals surface area contributed by atoms with Crippen molar-refractivity contribution in [1.29, 1.82) is 0 Å². The molecule has 0 aliphatic carbocycles. The van der Waals surface area contributed by atoms with Gasteiger partial charge in [0.2, 0.25) is 0 Å². The summed E-state index contributed by atoms with van der Waals surface area (Å²) in [6.45, 7) is 9.02. The van der Waals surface area contributed by atoms with E-state index in [0.29, 0.717) is 0 Å². The molecule has 0 rings (SSSR count). The average Bonchev–Trinajstić information content (AvgIpc) is 1.98. The van der Waals surface area contributed by atoms with E-state index in [1.54, 1.807) is 13.8 Å². The summed E-state index contributed by atoms with van der Waals surface area (Å²) in [4.78, 5) is 0. The molecule has 0 fully saturated rings. The van der Waals surface area contributed by atoms with E-state index in [-0.39, 0.29) is 17.8 Å². The van der Waals surface area contributed by atoms with Gasteiger partial charge in [0.1, 0.15) is 0 Å². The van der Waals surface area contributed by atoms with Crippen LogP contribution in [0.5, 0.6) is 0 Å². The van der Waals surface area contributed by atoms with Crippen molar-refractivity contribution >= 4 is 0 Å². The molecule has 0 spiro atoms. The highest BCUT2D eigenvalue weighted by molar-refractivity contribution is 4.78. The molecule has 0 radical (unpaired) electrons. The number of hydrogen-bond acceptors (Lipinski definition) is 0. The number of alkyl halides is 3. The molecular formula is C11H21F3. The van der Waals surface area contributed by atoms with E-state index in [1.165, 1.54) is 0 Å². The third kappa shape index (κ3) is 4.34. The first-order valence-corrected chi connectivity index (χ1v) is 5.17. The molecule has 0 saturated heterocycles. The second-order valence-electron chi connectivity index (χ2n) is 5.11. The summed E-state index contributed by atoms with van der Waals surface area (Å²) in [5, 5.41) is 0. The van der Waals surface area contributed by atoms with Crippen LogP contribution < -0.4 is 0 Å². The Labute approximate surface area is 84.9 Å². The Morgan fingerprint density at radius 1 is 1.07 bits per heavy atom. The first-order valence-electron chi connectivity index (χ1n) is 5.17. The lowest BCUT2D eigenvalue weighted by Gasteiger charge is -2.32. The minimum atomic E-state index is -4.05. The second-order valence-corrected chi connectivity index (χ2v) is 5.11. The summed E-state index contributed by atoms with van der Waals surface area (Å²) in [7, 11) is 0. The van der Waals surface area contributed by atoms with Crippen molar-refractivity contribution in [3.8, 4) is 0 Å². The molecule has 0 aliphatic heterocycles. The number of halogens is 3. The van der Waals surface area contributed by atoms with Gasteiger partial charge in [0.25, 0.3) is 0 Å². The molecule has 0 bridgehead atoms. The van der Waals surface area contributed by atoms with Crippen molar-refractivity contribution in [2.45, 2.75) is 53.6 Å². The quantitative estimate of drug-likeness (QED) is 0.633. The second kappa shape index (κ2) is 4.54. The maximum Gasteiger partial charge on any atom is 0.392 e. The van der Waals surface area contributed by atoms with E-state index in [2.05, 4.69) is 0 Å². The lowest BCUT2D eigenvalue weighted by molar-refractivity contribution is -0.194. The Hall–Kier alpha value is -0.210. The smallest absolute Gasteiger partial charge is 0.171 e. The summed E-state index contributed by atoms with van der Waals surface area (Å²) in [5.74, 6) is -1.50. The van der Waals surface area contributed by atoms with Gasteiger partial charge < -0.3 is 0 Å². The molecule has 0 aliphatic rings. The Morgan fingerprint density at radius 2 is 1.50 bits per heavy atom. The normalized spacial score (nSPS) is 16.1. The van der Waals surface area contributed by atoms with Gasteiger partial charge in [-0.2, -0.15) is 13.2 Å². The highest BCUT2D eigenvalue weighted by Crippen LogP contribution is 2.41. The van der Waals surface area contributed by atoms with Crippen molar-refractivity contribution in [2.75, 3.05) is 0 Å². The van der Waals surface area contributed by atoms with Crippen molar-refractivity contribution in [2.24, 2.45) is 17.3 Å². The van der Waals surface area contributed by atoms with Crippen LogP contribution in [0.15, 0.2) is 0 Å². The van der Waals surface area contributed by atoms with E-state index in [4.69, 9.17) is 0 Å². The zero-order valence-electron chi connectivity index (χ0n) is 9.70. The van der Waals surface area contributed by atoms with Crippen molar-refractivity contribution in [1.82, 2.24) is 0 Å². The van der Waals surface area contributed by atoms with Gasteiger partial charge in [0, 0.05) is 0 Å². The largest absolute Gasteiger partial charge is 0.392 e. The van der Waals surface area contributed by atoms with Crippen LogP contribution in [-0.2, 0) is 0 Å². The van der Waals surface area contributed by atoms with E-state index < -0.39 is 12.1 Å². The summed E-state index contributed by atoms with van der Waals surface area (Å²) >= 11 is 0. The van der Waals surface area contributed by atoms with Crippen LogP contribution in [0.25, 0.3) is 0 Å². The van der Waals surface area contributed by atoms with Crippen LogP contribution >= 0.6 is 0 Å². The van der Waals surface area contributed by atoms with Crippen LogP contribution in [-0.4, -0.2) is 6.18 Å². The van der Waals surface area contributed by atoms with Crippen LogP contribution in [0.2, 0.25) is 0 Å². The molecule has 0 N–H and O–H groups in total. The highest BCUT2D eigenvalue weighted by atomic mass is 19.4. The summed E-state index contributed by atoms with van der Waals surface area (Å²) < 4.78 is 37.9. The third-order valence-electron chi connectivity index (χ3n) is 2.95. The molecule has 0 amide bonds. The fraction of sp³-hybridized carbons (Fsp3) is 1.00. The molecular weight excluding hydrogens is 189 g/mol. The summed E-state index contributed by atoms with van der Waals surface area (Å²) in [6, 6.07) is 0. The monoisotopic (exact) mass is 210 g/mol. The maximum absolute atomic E-state index is 12.6. The van der Waals surface area contributed by atoms with E-state index in [1.807, 2.05) is 20.8 Å². The van der Waals surface area contributed by atoms with E-state index in [0.717, 1.165) is 6.42 Å². The van der Waals surface area contributed by atoms with E-state index >= 15 is 0 Å². The molecule has 14 heavy (non-hydrogen) atoms. The zero-order chi connectivity index (χ0) is 11.6. The fourth-order valence-corrected chi connectivity index (χ4v) is 1.47. The standard InChI is InChI=1S/C11H21F3/c1-6-10(4,5)7-9(8(2)3)11(12,13)14/h8-9H,6-7H2,1-5H3. The Bertz CT molecular complexity index is 168. The summed E-state index contributed by atoms with van der Waals surface area (Å²) in [5.41, 5.74) is -0.218. The summed E-state index contributed by atoms with van der Waals surface area (Å²) in [6.07, 6.45) is -3.04. The predicted octanol–water partition coefficient (Wildman–Crippen LogP) is 4.65. The minimum absolute atomic E-state index is 0.218. The van der Waals surface area contributed by atoms with Crippen LogP contribution in [0.4, 0.5) is 13.2 Å². The lowest BCUT2D eigenvalue weighted by atomic mass is 9.76. The average molecular weight is 210 g/mol. The molecule has 0 heterocycles. The van der Waals surface area contributed by atoms with Gasteiger partial charge in [-0.05, 0) is 17.8 Å². The maximum atomic E-state index is 12.6. The molecule has 3 heteroatoms. The fourth-order valence-electron chi connectivity index (χ4n) is 1.47. The van der Waals surface area contributed by atoms with Crippen molar-refractivity contribution in [3.05, 3.63) is 0 Å². The molecule has 1 atom stereocenters. The zero-order valence-corrected chi connectivity index (χ0v) is 9.70. The highest BCUT2D eigenvalue weighted by Gasteiger charge is 2.43. The SMILES string of the molecule is CCC(C)(C)CC(C(C)C)C(F)(F)F. The molecule has 0 aromatic heterocycles. The first-order chi connectivity index (χ1) is 6.10. The molecule has 0 aromatic rings. The van der Waals surface area contributed by atoms with Gasteiger partial charge in [-0.1, -0.05) is 41.0 Å².